The molecule has 1 aliphatic rings. The van der Waals surface area contributed by atoms with Crippen molar-refractivity contribution >= 4 is 16.2 Å². The average Bonchev–Trinajstić information content (AvgIpc) is 2.53. The van der Waals surface area contributed by atoms with Crippen molar-refractivity contribution in [2.45, 2.75) is 13.0 Å². The maximum Gasteiger partial charge on any atom is 0.410 e. The predicted molar refractivity (Wildman–Crippen MR) is 85.7 cm³/mol. The minimum absolute atomic E-state index is 0.230. The third-order valence-corrected chi connectivity index (χ3v) is 4.52. The van der Waals surface area contributed by atoms with Crippen molar-refractivity contribution in [3.05, 3.63) is 35.9 Å². The van der Waals surface area contributed by atoms with Crippen LogP contribution < -0.4 is 0 Å². The molecule has 1 aliphatic heterocycles. The zero-order valence-corrected chi connectivity index (χ0v) is 13.7. The van der Waals surface area contributed by atoms with Gasteiger partial charge >= 0.3 is 6.09 Å². The molecule has 7 nitrogen and oxygen atoms in total. The van der Waals surface area contributed by atoms with Crippen molar-refractivity contribution < 1.29 is 22.5 Å². The van der Waals surface area contributed by atoms with Gasteiger partial charge < -0.3 is 9.64 Å². The van der Waals surface area contributed by atoms with Crippen LogP contribution in [0, 0.1) is 0 Å². The lowest BCUT2D eigenvalue weighted by Crippen LogP contribution is -2.49. The number of hydrogen-bond acceptors (Lipinski definition) is 5. The van der Waals surface area contributed by atoms with Crippen molar-refractivity contribution in [2.75, 3.05) is 38.5 Å². The van der Waals surface area contributed by atoms with Crippen molar-refractivity contribution in [1.29, 1.82) is 0 Å². The summed E-state index contributed by atoms with van der Waals surface area (Å²) in [5.74, 6) is -0.230. The minimum atomic E-state index is -3.89. The molecular weight excluding hydrogens is 320 g/mol. The molecule has 1 aromatic carbocycles. The second-order valence-corrected chi connectivity index (χ2v) is 7.08. The lowest BCUT2D eigenvalue weighted by Gasteiger charge is -2.34. The van der Waals surface area contributed by atoms with E-state index in [9.17, 15) is 13.2 Å². The SMILES string of the molecule is O=C(OCc1ccccc1)N1CCN(CCCS(=O)(=O)O)CC1. The Bertz CT molecular complexity index is 598. The molecule has 0 radical (unpaired) electrons. The highest BCUT2D eigenvalue weighted by atomic mass is 32.2. The molecule has 8 heteroatoms. The van der Waals surface area contributed by atoms with Crippen molar-refractivity contribution in [3.63, 3.8) is 0 Å². The number of amides is 1. The minimum Gasteiger partial charge on any atom is -0.445 e. The first-order valence-electron chi connectivity index (χ1n) is 7.57. The first-order chi connectivity index (χ1) is 10.9. The van der Waals surface area contributed by atoms with Crippen molar-refractivity contribution in [3.8, 4) is 0 Å². The van der Waals surface area contributed by atoms with E-state index in [1.165, 1.54) is 0 Å². The zero-order chi connectivity index (χ0) is 16.7. The number of ether oxygens (including phenoxy) is 1. The van der Waals surface area contributed by atoms with Crippen LogP contribution in [0.2, 0.25) is 0 Å². The summed E-state index contributed by atoms with van der Waals surface area (Å²) in [5.41, 5.74) is 0.949. The van der Waals surface area contributed by atoms with Crippen LogP contribution in [0.4, 0.5) is 4.79 Å². The summed E-state index contributed by atoms with van der Waals surface area (Å²) in [6, 6.07) is 9.51. The molecule has 0 saturated carbocycles. The number of piperazine rings is 1. The fourth-order valence-corrected chi connectivity index (χ4v) is 2.93. The standard InChI is InChI=1S/C15H22N2O5S/c18-15(22-13-14-5-2-1-3-6-14)17-10-8-16(9-11-17)7-4-12-23(19,20)21/h1-3,5-6H,4,7-13H2,(H,19,20,21). The van der Waals surface area contributed by atoms with E-state index in [0.717, 1.165) is 5.56 Å². The molecule has 1 aromatic rings. The first kappa shape index (κ1) is 17.7. The van der Waals surface area contributed by atoms with Gasteiger partial charge in [0, 0.05) is 26.2 Å². The highest BCUT2D eigenvalue weighted by Crippen LogP contribution is 2.07. The highest BCUT2D eigenvalue weighted by Gasteiger charge is 2.22. The zero-order valence-electron chi connectivity index (χ0n) is 12.9. The Morgan fingerprint density at radius 2 is 1.78 bits per heavy atom. The monoisotopic (exact) mass is 342 g/mol. The van der Waals surface area contributed by atoms with Gasteiger partial charge in [0.1, 0.15) is 6.61 Å². The van der Waals surface area contributed by atoms with E-state index in [1.54, 1.807) is 4.90 Å². The Labute approximate surface area is 136 Å². The normalized spacial score (nSPS) is 16.3. The molecule has 128 valence electrons. The smallest absolute Gasteiger partial charge is 0.410 e. The number of hydrogen-bond donors (Lipinski definition) is 1. The van der Waals surface area contributed by atoms with Gasteiger partial charge in [-0.3, -0.25) is 9.45 Å². The maximum atomic E-state index is 12.0. The summed E-state index contributed by atoms with van der Waals surface area (Å²) in [6.07, 6.45) is 0.0588. The highest BCUT2D eigenvalue weighted by molar-refractivity contribution is 7.85. The summed E-state index contributed by atoms with van der Waals surface area (Å²) in [6.45, 7) is 3.30. The maximum absolute atomic E-state index is 12.0. The molecule has 1 N–H and O–H groups in total. The molecule has 0 aliphatic carbocycles. The summed E-state index contributed by atoms with van der Waals surface area (Å²) in [7, 11) is -3.89. The second kappa shape index (κ2) is 8.28. The molecule has 1 amide bonds. The summed E-state index contributed by atoms with van der Waals surface area (Å²) in [4.78, 5) is 15.7. The molecule has 23 heavy (non-hydrogen) atoms. The second-order valence-electron chi connectivity index (χ2n) is 5.51. The predicted octanol–water partition coefficient (Wildman–Crippen LogP) is 1.22. The Balaban J connectivity index is 1.66. The van der Waals surface area contributed by atoms with E-state index in [0.29, 0.717) is 39.1 Å². The quantitative estimate of drug-likeness (QED) is 0.782. The van der Waals surface area contributed by atoms with Crippen molar-refractivity contribution in [1.82, 2.24) is 9.80 Å². The Kier molecular flexibility index (Phi) is 6.37. The molecule has 0 bridgehead atoms. The van der Waals surface area contributed by atoms with Gasteiger partial charge in [0.2, 0.25) is 0 Å². The van der Waals surface area contributed by atoms with Crippen LogP contribution in [0.3, 0.4) is 0 Å². The van der Waals surface area contributed by atoms with Crippen LogP contribution in [0.15, 0.2) is 30.3 Å². The summed E-state index contributed by atoms with van der Waals surface area (Å²) >= 11 is 0. The van der Waals surface area contributed by atoms with Crippen LogP contribution in [0.1, 0.15) is 12.0 Å². The largest absolute Gasteiger partial charge is 0.445 e. The number of nitrogens with zero attached hydrogens (tertiary/aromatic N) is 2. The van der Waals surface area contributed by atoms with Gasteiger partial charge in [0.05, 0.1) is 5.75 Å². The Hall–Kier alpha value is -1.64. The average molecular weight is 342 g/mol. The Morgan fingerprint density at radius 1 is 1.13 bits per heavy atom. The number of rotatable bonds is 6. The van der Waals surface area contributed by atoms with E-state index in [4.69, 9.17) is 9.29 Å². The van der Waals surface area contributed by atoms with Gasteiger partial charge in [-0.05, 0) is 18.5 Å². The summed E-state index contributed by atoms with van der Waals surface area (Å²) in [5, 5.41) is 0. The fraction of sp³-hybridized carbons (Fsp3) is 0.533. The van der Waals surface area contributed by atoms with E-state index in [-0.39, 0.29) is 18.5 Å². The van der Waals surface area contributed by atoms with E-state index < -0.39 is 10.1 Å². The molecule has 0 spiro atoms. The molecule has 1 fully saturated rings. The van der Waals surface area contributed by atoms with Gasteiger partial charge in [0.15, 0.2) is 0 Å². The third kappa shape index (κ3) is 6.55. The molecule has 0 unspecified atom stereocenters. The Morgan fingerprint density at radius 3 is 2.39 bits per heavy atom. The van der Waals surface area contributed by atoms with Crippen LogP contribution >= 0.6 is 0 Å². The topological polar surface area (TPSA) is 87.2 Å². The van der Waals surface area contributed by atoms with Gasteiger partial charge in [0.25, 0.3) is 10.1 Å². The summed E-state index contributed by atoms with van der Waals surface area (Å²) < 4.78 is 35.3. The van der Waals surface area contributed by atoms with E-state index in [1.807, 2.05) is 30.3 Å². The lowest BCUT2D eigenvalue weighted by molar-refractivity contribution is 0.0717. The van der Waals surface area contributed by atoms with Gasteiger partial charge in [-0.2, -0.15) is 8.42 Å². The van der Waals surface area contributed by atoms with Gasteiger partial charge in [-0.1, -0.05) is 30.3 Å². The van der Waals surface area contributed by atoms with Gasteiger partial charge in [-0.15, -0.1) is 0 Å². The lowest BCUT2D eigenvalue weighted by atomic mass is 10.2. The van der Waals surface area contributed by atoms with Crippen LogP contribution in [0.5, 0.6) is 0 Å². The number of carbonyl (C=O) groups is 1. The third-order valence-electron chi connectivity index (χ3n) is 3.71. The number of benzene rings is 1. The van der Waals surface area contributed by atoms with Gasteiger partial charge in [-0.25, -0.2) is 4.79 Å². The number of carbonyl (C=O) groups excluding carboxylic acids is 1. The van der Waals surface area contributed by atoms with Crippen molar-refractivity contribution in [2.24, 2.45) is 0 Å². The van der Waals surface area contributed by atoms with Crippen LogP contribution in [-0.4, -0.2) is 67.3 Å². The van der Waals surface area contributed by atoms with Crippen LogP contribution in [0.25, 0.3) is 0 Å². The van der Waals surface area contributed by atoms with E-state index >= 15 is 0 Å². The van der Waals surface area contributed by atoms with E-state index in [2.05, 4.69) is 4.90 Å². The molecule has 1 heterocycles. The molecule has 2 rings (SSSR count). The first-order valence-corrected chi connectivity index (χ1v) is 9.18. The molecular formula is C15H22N2O5S. The fourth-order valence-electron chi connectivity index (χ4n) is 2.44. The van der Waals surface area contributed by atoms with Crippen LogP contribution in [-0.2, 0) is 21.5 Å². The molecule has 0 atom stereocenters. The molecule has 0 aromatic heterocycles. The molecule has 1 saturated heterocycles.